The van der Waals surface area contributed by atoms with E-state index in [1.165, 1.54) is 39.6 Å². The second kappa shape index (κ2) is 8.76. The van der Waals surface area contributed by atoms with Crippen LogP contribution < -0.4 is 5.32 Å². The summed E-state index contributed by atoms with van der Waals surface area (Å²) in [7, 11) is 0. The lowest BCUT2D eigenvalue weighted by atomic mass is 9.99. The van der Waals surface area contributed by atoms with Crippen LogP contribution in [0.1, 0.15) is 39.6 Å². The highest BCUT2D eigenvalue weighted by molar-refractivity contribution is 7.12. The van der Waals surface area contributed by atoms with Gasteiger partial charge in [-0.1, -0.05) is 12.1 Å². The summed E-state index contributed by atoms with van der Waals surface area (Å²) in [4.78, 5) is 25.9. The van der Waals surface area contributed by atoms with E-state index in [9.17, 15) is 19.1 Å². The van der Waals surface area contributed by atoms with Crippen LogP contribution in [0.3, 0.4) is 0 Å². The van der Waals surface area contributed by atoms with Crippen molar-refractivity contribution in [3.63, 3.8) is 0 Å². The number of thiophene rings is 1. The second-order valence-electron chi connectivity index (χ2n) is 6.04. The predicted molar refractivity (Wildman–Crippen MR) is 96.5 cm³/mol. The largest absolute Gasteiger partial charge is 0.481 e. The fraction of sp³-hybridized carbons (Fsp3) is 0.368. The normalized spacial score (nSPS) is 12.0. The van der Waals surface area contributed by atoms with Crippen LogP contribution in [0.2, 0.25) is 0 Å². The van der Waals surface area contributed by atoms with Gasteiger partial charge >= 0.3 is 5.97 Å². The molecule has 0 aliphatic rings. The van der Waals surface area contributed by atoms with Crippen molar-refractivity contribution in [2.75, 3.05) is 6.54 Å². The van der Waals surface area contributed by atoms with Crippen molar-refractivity contribution in [2.24, 2.45) is 0 Å². The van der Waals surface area contributed by atoms with Gasteiger partial charge in [-0.2, -0.15) is 0 Å². The molecule has 0 fully saturated rings. The smallest absolute Gasteiger partial charge is 0.312 e. The predicted octanol–water partition coefficient (Wildman–Crippen LogP) is 3.81. The lowest BCUT2D eigenvalue weighted by Crippen LogP contribution is -2.31. The van der Waals surface area contributed by atoms with Gasteiger partial charge in [0.2, 0.25) is 5.91 Å². The van der Waals surface area contributed by atoms with Crippen LogP contribution in [0.25, 0.3) is 0 Å². The Labute approximate surface area is 150 Å². The lowest BCUT2D eigenvalue weighted by Gasteiger charge is -2.14. The molecule has 6 heteroatoms. The van der Waals surface area contributed by atoms with Gasteiger partial charge in [0.05, 0.1) is 5.92 Å². The molecule has 1 aromatic carbocycles. The van der Waals surface area contributed by atoms with Crippen molar-refractivity contribution in [1.82, 2.24) is 5.32 Å². The van der Waals surface area contributed by atoms with Crippen LogP contribution in [0, 0.1) is 19.7 Å². The molecule has 4 nitrogen and oxygen atoms in total. The molecular formula is C19H22FNO3S. The summed E-state index contributed by atoms with van der Waals surface area (Å²) in [6.45, 7) is 4.14. The maximum atomic E-state index is 13.0. The Morgan fingerprint density at radius 1 is 1.24 bits per heavy atom. The zero-order valence-corrected chi connectivity index (χ0v) is 15.2. The number of hydrogen-bond acceptors (Lipinski definition) is 3. The average Bonchev–Trinajstić information content (AvgIpc) is 2.86. The molecule has 0 bridgehead atoms. The number of nitrogens with one attached hydrogen (secondary N) is 1. The standard InChI is InChI=1S/C19H22FNO3S/c1-12-10-15(13(2)25-12)4-3-5-18(22)21-11-17(19(23)24)14-6-8-16(20)9-7-14/h6-10,17H,3-5,11H2,1-2H3,(H,21,22)(H,23,24). The zero-order valence-electron chi connectivity index (χ0n) is 14.3. The van der Waals surface area contributed by atoms with Gasteiger partial charge in [0.25, 0.3) is 0 Å². The molecule has 1 heterocycles. The van der Waals surface area contributed by atoms with E-state index in [2.05, 4.69) is 25.2 Å². The molecule has 0 aliphatic heterocycles. The number of carbonyl (C=O) groups is 2. The molecule has 134 valence electrons. The van der Waals surface area contributed by atoms with Crippen molar-refractivity contribution in [3.8, 4) is 0 Å². The molecule has 2 rings (SSSR count). The number of hydrogen-bond donors (Lipinski definition) is 2. The quantitative estimate of drug-likeness (QED) is 0.749. The molecule has 0 aliphatic carbocycles. The van der Waals surface area contributed by atoms with Gasteiger partial charge in [0, 0.05) is 22.7 Å². The maximum Gasteiger partial charge on any atom is 0.312 e. The number of carbonyl (C=O) groups excluding carboxylic acids is 1. The summed E-state index contributed by atoms with van der Waals surface area (Å²) < 4.78 is 13.0. The van der Waals surface area contributed by atoms with Gasteiger partial charge in [0.1, 0.15) is 5.82 Å². The maximum absolute atomic E-state index is 13.0. The Bertz CT molecular complexity index is 740. The molecular weight excluding hydrogens is 341 g/mol. The van der Waals surface area contributed by atoms with Crippen molar-refractivity contribution in [2.45, 2.75) is 39.0 Å². The van der Waals surface area contributed by atoms with E-state index in [4.69, 9.17) is 0 Å². The van der Waals surface area contributed by atoms with Crippen LogP contribution in [-0.4, -0.2) is 23.5 Å². The number of benzene rings is 1. The first kappa shape index (κ1) is 19.1. The highest BCUT2D eigenvalue weighted by atomic mass is 32.1. The Morgan fingerprint density at radius 2 is 1.92 bits per heavy atom. The Hall–Kier alpha value is -2.21. The molecule has 1 atom stereocenters. The molecule has 0 saturated heterocycles. The minimum atomic E-state index is -1.05. The number of aryl methyl sites for hydroxylation is 3. The number of amides is 1. The number of rotatable bonds is 8. The molecule has 1 amide bonds. The summed E-state index contributed by atoms with van der Waals surface area (Å²) in [6, 6.07) is 7.45. The molecule has 2 N–H and O–H groups in total. The summed E-state index contributed by atoms with van der Waals surface area (Å²) >= 11 is 1.75. The second-order valence-corrected chi connectivity index (χ2v) is 7.50. The third-order valence-electron chi connectivity index (χ3n) is 4.07. The van der Waals surface area contributed by atoms with E-state index in [1.807, 2.05) is 0 Å². The molecule has 0 radical (unpaired) electrons. The highest BCUT2D eigenvalue weighted by Gasteiger charge is 2.20. The summed E-state index contributed by atoms with van der Waals surface area (Å²) in [5, 5.41) is 12.0. The van der Waals surface area contributed by atoms with Gasteiger partial charge in [0.15, 0.2) is 0 Å². The van der Waals surface area contributed by atoms with Crippen LogP contribution in [-0.2, 0) is 16.0 Å². The first-order valence-electron chi connectivity index (χ1n) is 8.17. The van der Waals surface area contributed by atoms with Gasteiger partial charge in [-0.3, -0.25) is 9.59 Å². The van der Waals surface area contributed by atoms with Crippen molar-refractivity contribution >= 4 is 23.2 Å². The topological polar surface area (TPSA) is 66.4 Å². The summed E-state index contributed by atoms with van der Waals surface area (Å²) in [6.07, 6.45) is 1.91. The Morgan fingerprint density at radius 3 is 2.48 bits per heavy atom. The van der Waals surface area contributed by atoms with Crippen LogP contribution >= 0.6 is 11.3 Å². The van der Waals surface area contributed by atoms with Crippen molar-refractivity contribution in [1.29, 1.82) is 0 Å². The Balaban J connectivity index is 1.81. The van der Waals surface area contributed by atoms with Gasteiger partial charge in [-0.05, 0) is 56.0 Å². The monoisotopic (exact) mass is 363 g/mol. The Kier molecular flexibility index (Phi) is 6.70. The van der Waals surface area contributed by atoms with Crippen LogP contribution in [0.15, 0.2) is 30.3 Å². The van der Waals surface area contributed by atoms with Crippen LogP contribution in [0.5, 0.6) is 0 Å². The number of halogens is 1. The first-order valence-corrected chi connectivity index (χ1v) is 8.99. The molecule has 1 unspecified atom stereocenters. The van der Waals surface area contributed by atoms with Gasteiger partial charge in [-0.25, -0.2) is 4.39 Å². The molecule has 2 aromatic rings. The summed E-state index contributed by atoms with van der Waals surface area (Å²) in [5.41, 5.74) is 1.74. The van der Waals surface area contributed by atoms with Crippen molar-refractivity contribution < 1.29 is 19.1 Å². The fourth-order valence-corrected chi connectivity index (χ4v) is 3.69. The third-order valence-corrected chi connectivity index (χ3v) is 5.08. The average molecular weight is 363 g/mol. The van der Waals surface area contributed by atoms with E-state index >= 15 is 0 Å². The van der Waals surface area contributed by atoms with E-state index in [0.717, 1.165) is 12.8 Å². The van der Waals surface area contributed by atoms with E-state index in [-0.39, 0.29) is 12.5 Å². The molecule has 1 aromatic heterocycles. The first-order chi connectivity index (χ1) is 11.9. The molecule has 25 heavy (non-hydrogen) atoms. The number of carboxylic acids is 1. The fourth-order valence-electron chi connectivity index (χ4n) is 2.72. The van der Waals surface area contributed by atoms with Gasteiger partial charge < -0.3 is 10.4 Å². The molecule has 0 spiro atoms. The minimum absolute atomic E-state index is 0.00359. The van der Waals surface area contributed by atoms with Crippen molar-refractivity contribution in [3.05, 3.63) is 57.0 Å². The van der Waals surface area contributed by atoms with Crippen LogP contribution in [0.4, 0.5) is 4.39 Å². The van der Waals surface area contributed by atoms with Gasteiger partial charge in [-0.15, -0.1) is 11.3 Å². The summed E-state index contributed by atoms with van der Waals surface area (Å²) in [5.74, 6) is -2.52. The third kappa shape index (κ3) is 5.67. The highest BCUT2D eigenvalue weighted by Crippen LogP contribution is 2.22. The number of carboxylic acid groups (broad SMARTS) is 1. The SMILES string of the molecule is Cc1cc(CCCC(=O)NCC(C(=O)O)c2ccc(F)cc2)c(C)s1. The number of aliphatic carboxylic acids is 1. The van der Waals surface area contributed by atoms with E-state index < -0.39 is 17.7 Å². The lowest BCUT2D eigenvalue weighted by molar-refractivity contribution is -0.138. The minimum Gasteiger partial charge on any atom is -0.481 e. The zero-order chi connectivity index (χ0) is 18.4. The molecule has 0 saturated carbocycles. The van der Waals surface area contributed by atoms with E-state index in [0.29, 0.717) is 12.0 Å². The van der Waals surface area contributed by atoms with E-state index in [1.54, 1.807) is 11.3 Å².